The van der Waals surface area contributed by atoms with Gasteiger partial charge < -0.3 is 21.5 Å². The molecule has 0 aliphatic heterocycles. The van der Waals surface area contributed by atoms with Crippen LogP contribution in [0.5, 0.6) is 0 Å². The van der Waals surface area contributed by atoms with Gasteiger partial charge in [0.1, 0.15) is 0 Å². The molecule has 2 aromatic heterocycles. The minimum Gasteiger partial charge on any atom is -0.399 e. The van der Waals surface area contributed by atoms with E-state index in [1.807, 2.05) is 13.8 Å². The Kier molecular flexibility index (Phi) is 5.10. The van der Waals surface area contributed by atoms with Gasteiger partial charge in [-0.15, -0.1) is 5.10 Å². The summed E-state index contributed by atoms with van der Waals surface area (Å²) in [5.74, 6) is 1.04. The number of nitrogens with one attached hydrogen (secondary N) is 2. The third kappa shape index (κ3) is 3.78. The Hall–Kier alpha value is -2.65. The fraction of sp³-hybridized carbons (Fsp3) is 0.375. The van der Waals surface area contributed by atoms with Crippen LogP contribution in [-0.4, -0.2) is 42.7 Å². The second kappa shape index (κ2) is 7.30. The van der Waals surface area contributed by atoms with Gasteiger partial charge in [-0.25, -0.2) is 4.68 Å². The molecule has 0 aliphatic carbocycles. The fourth-order valence-electron chi connectivity index (χ4n) is 2.48. The molecule has 0 amide bonds. The molecule has 0 saturated carbocycles. The van der Waals surface area contributed by atoms with Crippen LogP contribution in [-0.2, 0) is 7.05 Å². The second-order valence-electron chi connectivity index (χ2n) is 6.36. The van der Waals surface area contributed by atoms with Gasteiger partial charge in [0.05, 0.1) is 12.6 Å². The van der Waals surface area contributed by atoms with Crippen LogP contribution in [0, 0.1) is 5.92 Å². The standard InChI is InChI=1S/C16H21ClN8O/c1-8(2)12(7-26)20-16-21-14(13-15(22-16)25(3)24-23-13)19-11-5-9(17)4-10(18)6-11/h4-6,8,12,26H,7,18H2,1-3H3,(H2,19,20,21,22). The molecule has 9 nitrogen and oxygen atoms in total. The molecule has 5 N–H and O–H groups in total. The van der Waals surface area contributed by atoms with Crippen molar-refractivity contribution in [1.29, 1.82) is 0 Å². The summed E-state index contributed by atoms with van der Waals surface area (Å²) in [6.07, 6.45) is 0. The van der Waals surface area contributed by atoms with E-state index < -0.39 is 0 Å². The van der Waals surface area contributed by atoms with E-state index in [1.165, 1.54) is 0 Å². The molecule has 10 heteroatoms. The summed E-state index contributed by atoms with van der Waals surface area (Å²) >= 11 is 6.07. The lowest BCUT2D eigenvalue weighted by atomic mass is 10.1. The quantitative estimate of drug-likeness (QED) is 0.482. The molecule has 2 heterocycles. The summed E-state index contributed by atoms with van der Waals surface area (Å²) in [6.45, 7) is 3.98. The molecule has 0 radical (unpaired) electrons. The number of aromatic nitrogens is 5. The summed E-state index contributed by atoms with van der Waals surface area (Å²) < 4.78 is 1.56. The van der Waals surface area contributed by atoms with Crippen molar-refractivity contribution in [2.24, 2.45) is 13.0 Å². The predicted octanol–water partition coefficient (Wildman–Crippen LogP) is 2.17. The van der Waals surface area contributed by atoms with E-state index in [9.17, 15) is 5.11 Å². The molecule has 3 rings (SSSR count). The first kappa shape index (κ1) is 18.2. The van der Waals surface area contributed by atoms with Gasteiger partial charge in [0.2, 0.25) is 5.95 Å². The molecule has 0 spiro atoms. The maximum atomic E-state index is 9.56. The van der Waals surface area contributed by atoms with Crippen LogP contribution in [0.15, 0.2) is 18.2 Å². The molecular weight excluding hydrogens is 356 g/mol. The van der Waals surface area contributed by atoms with E-state index in [4.69, 9.17) is 17.3 Å². The van der Waals surface area contributed by atoms with Crippen LogP contribution in [0.1, 0.15) is 13.8 Å². The molecule has 1 atom stereocenters. The van der Waals surface area contributed by atoms with Gasteiger partial charge in [-0.2, -0.15) is 9.97 Å². The number of benzene rings is 1. The molecule has 0 saturated heterocycles. The number of nitrogens with zero attached hydrogens (tertiary/aromatic N) is 5. The monoisotopic (exact) mass is 376 g/mol. The van der Waals surface area contributed by atoms with Gasteiger partial charge >= 0.3 is 0 Å². The minimum atomic E-state index is -0.177. The number of aliphatic hydroxyl groups is 1. The summed E-state index contributed by atoms with van der Waals surface area (Å²) in [4.78, 5) is 8.95. The highest BCUT2D eigenvalue weighted by Gasteiger charge is 2.18. The van der Waals surface area contributed by atoms with E-state index >= 15 is 0 Å². The molecule has 1 aromatic carbocycles. The smallest absolute Gasteiger partial charge is 0.227 e. The van der Waals surface area contributed by atoms with Crippen molar-refractivity contribution in [3.63, 3.8) is 0 Å². The predicted molar refractivity (Wildman–Crippen MR) is 103 cm³/mol. The highest BCUT2D eigenvalue weighted by molar-refractivity contribution is 6.31. The van der Waals surface area contributed by atoms with Crippen molar-refractivity contribution in [2.75, 3.05) is 23.0 Å². The average molecular weight is 377 g/mol. The largest absolute Gasteiger partial charge is 0.399 e. The number of rotatable bonds is 6. The van der Waals surface area contributed by atoms with Crippen LogP contribution >= 0.6 is 11.6 Å². The van der Waals surface area contributed by atoms with Gasteiger partial charge in [-0.3, -0.25) is 0 Å². The highest BCUT2D eigenvalue weighted by Crippen LogP contribution is 2.27. The maximum absolute atomic E-state index is 9.56. The number of hydrogen-bond acceptors (Lipinski definition) is 8. The highest BCUT2D eigenvalue weighted by atomic mass is 35.5. The molecule has 26 heavy (non-hydrogen) atoms. The molecule has 3 aromatic rings. The van der Waals surface area contributed by atoms with Crippen molar-refractivity contribution in [2.45, 2.75) is 19.9 Å². The Morgan fingerprint density at radius 3 is 2.69 bits per heavy atom. The van der Waals surface area contributed by atoms with E-state index in [2.05, 4.69) is 30.9 Å². The minimum absolute atomic E-state index is 0.0315. The summed E-state index contributed by atoms with van der Waals surface area (Å²) in [5.41, 5.74) is 8.12. The van der Waals surface area contributed by atoms with Gasteiger partial charge in [-0.1, -0.05) is 30.7 Å². The number of aryl methyl sites for hydroxylation is 1. The Bertz CT molecular complexity index is 906. The first-order chi connectivity index (χ1) is 12.4. The van der Waals surface area contributed by atoms with Crippen LogP contribution in [0.3, 0.4) is 0 Å². The second-order valence-corrected chi connectivity index (χ2v) is 6.79. The lowest BCUT2D eigenvalue weighted by Gasteiger charge is -2.20. The van der Waals surface area contributed by atoms with Gasteiger partial charge in [0.15, 0.2) is 17.0 Å². The molecule has 138 valence electrons. The van der Waals surface area contributed by atoms with Crippen molar-refractivity contribution in [1.82, 2.24) is 25.0 Å². The van der Waals surface area contributed by atoms with E-state index in [0.29, 0.717) is 39.3 Å². The number of anilines is 4. The van der Waals surface area contributed by atoms with Crippen molar-refractivity contribution >= 4 is 45.9 Å². The lowest BCUT2D eigenvalue weighted by molar-refractivity contribution is 0.248. The van der Waals surface area contributed by atoms with E-state index in [-0.39, 0.29) is 18.6 Å². The zero-order chi connectivity index (χ0) is 18.8. The van der Waals surface area contributed by atoms with Crippen LogP contribution < -0.4 is 16.4 Å². The Morgan fingerprint density at radius 2 is 2.04 bits per heavy atom. The van der Waals surface area contributed by atoms with Gasteiger partial charge in [0.25, 0.3) is 0 Å². The number of aliphatic hydroxyl groups excluding tert-OH is 1. The van der Waals surface area contributed by atoms with Gasteiger partial charge in [0, 0.05) is 23.4 Å². The molecular formula is C16H21ClN8O. The first-order valence-electron chi connectivity index (χ1n) is 8.15. The Balaban J connectivity index is 2.02. The summed E-state index contributed by atoms with van der Waals surface area (Å²) in [6, 6.07) is 4.96. The fourth-order valence-corrected chi connectivity index (χ4v) is 2.72. The normalized spacial score (nSPS) is 12.5. The lowest BCUT2D eigenvalue weighted by Crippen LogP contribution is -2.30. The number of fused-ring (bicyclic) bond motifs is 1. The Morgan fingerprint density at radius 1 is 1.27 bits per heavy atom. The van der Waals surface area contributed by atoms with Crippen LogP contribution in [0.4, 0.5) is 23.1 Å². The number of nitrogen functional groups attached to an aromatic ring is 1. The molecule has 0 fully saturated rings. The molecule has 1 unspecified atom stereocenters. The number of nitrogens with two attached hydrogens (primary N) is 1. The van der Waals surface area contributed by atoms with Crippen LogP contribution in [0.25, 0.3) is 11.2 Å². The maximum Gasteiger partial charge on any atom is 0.227 e. The summed E-state index contributed by atoms with van der Waals surface area (Å²) in [5, 5.41) is 24.5. The Labute approximate surface area is 155 Å². The molecule has 0 bridgehead atoms. The zero-order valence-electron chi connectivity index (χ0n) is 14.7. The summed E-state index contributed by atoms with van der Waals surface area (Å²) in [7, 11) is 1.75. The van der Waals surface area contributed by atoms with Crippen molar-refractivity contribution < 1.29 is 5.11 Å². The third-order valence-corrected chi connectivity index (χ3v) is 4.17. The SMILES string of the molecule is CC(C)C(CO)Nc1nc(Nc2cc(N)cc(Cl)c2)c2nnn(C)c2n1. The van der Waals surface area contributed by atoms with Gasteiger partial charge in [-0.05, 0) is 24.1 Å². The van der Waals surface area contributed by atoms with Crippen LogP contribution in [0.2, 0.25) is 5.02 Å². The van der Waals surface area contributed by atoms with E-state index in [0.717, 1.165) is 0 Å². The van der Waals surface area contributed by atoms with Crippen molar-refractivity contribution in [3.8, 4) is 0 Å². The third-order valence-electron chi connectivity index (χ3n) is 3.95. The van der Waals surface area contributed by atoms with E-state index in [1.54, 1.807) is 29.9 Å². The average Bonchev–Trinajstić information content (AvgIpc) is 2.93. The number of halogens is 1. The zero-order valence-corrected chi connectivity index (χ0v) is 15.5. The topological polar surface area (TPSA) is 127 Å². The van der Waals surface area contributed by atoms with Crippen molar-refractivity contribution in [3.05, 3.63) is 23.2 Å². The molecule has 0 aliphatic rings. The number of hydrogen-bond donors (Lipinski definition) is 4. The first-order valence-corrected chi connectivity index (χ1v) is 8.53.